The highest BCUT2D eigenvalue weighted by molar-refractivity contribution is 5.77. The minimum Gasteiger partial charge on any atom is -0.494 e. The molecule has 0 aliphatic carbocycles. The van der Waals surface area contributed by atoms with Gasteiger partial charge >= 0.3 is 0 Å². The molecule has 1 aromatic carbocycles. The molecule has 1 aliphatic rings. The minimum atomic E-state index is -0.154. The van der Waals surface area contributed by atoms with Crippen LogP contribution in [0.1, 0.15) is 18.2 Å². The van der Waals surface area contributed by atoms with Crippen molar-refractivity contribution in [2.45, 2.75) is 26.5 Å². The molecular weight excluding hydrogens is 322 g/mol. The van der Waals surface area contributed by atoms with Crippen LogP contribution in [-0.4, -0.2) is 42.1 Å². The normalized spacial score (nSPS) is 13.2. The second kappa shape index (κ2) is 8.53. The van der Waals surface area contributed by atoms with Crippen LogP contribution in [0.25, 0.3) is 0 Å². The van der Waals surface area contributed by atoms with Crippen molar-refractivity contribution in [2.24, 2.45) is 0 Å². The highest BCUT2D eigenvalue weighted by Gasteiger charge is 2.15. The van der Waals surface area contributed by atoms with E-state index >= 15 is 0 Å². The smallest absolute Gasteiger partial charge is 0.258 e. The van der Waals surface area contributed by atoms with E-state index in [2.05, 4.69) is 10.4 Å². The molecule has 7 heteroatoms. The molecule has 1 N–H and O–H groups in total. The Morgan fingerprint density at radius 3 is 2.80 bits per heavy atom. The summed E-state index contributed by atoms with van der Waals surface area (Å²) >= 11 is 0. The number of aromatic nitrogens is 2. The molecule has 0 radical (unpaired) electrons. The van der Waals surface area contributed by atoms with Crippen molar-refractivity contribution in [2.75, 3.05) is 26.4 Å². The molecule has 0 spiro atoms. The molecule has 1 aliphatic heterocycles. The summed E-state index contributed by atoms with van der Waals surface area (Å²) in [6.07, 6.45) is 2.70. The summed E-state index contributed by atoms with van der Waals surface area (Å²) in [7, 11) is 0. The number of rotatable bonds is 8. The van der Waals surface area contributed by atoms with Gasteiger partial charge in [0, 0.05) is 24.2 Å². The van der Waals surface area contributed by atoms with E-state index in [1.807, 2.05) is 29.9 Å². The maximum Gasteiger partial charge on any atom is 0.258 e. The summed E-state index contributed by atoms with van der Waals surface area (Å²) in [5.74, 6) is 1.27. The molecule has 2 heterocycles. The Labute approximate surface area is 146 Å². The van der Waals surface area contributed by atoms with Gasteiger partial charge in [0.1, 0.15) is 11.5 Å². The van der Waals surface area contributed by atoms with Gasteiger partial charge in [-0.05, 0) is 31.2 Å². The largest absolute Gasteiger partial charge is 0.494 e. The predicted molar refractivity (Wildman–Crippen MR) is 91.7 cm³/mol. The average Bonchev–Trinajstić information content (AvgIpc) is 3.05. The van der Waals surface area contributed by atoms with Gasteiger partial charge in [0.05, 0.1) is 32.6 Å². The molecule has 0 fully saturated rings. The monoisotopic (exact) mass is 345 g/mol. The fraction of sp³-hybridized carbons (Fsp3) is 0.444. The van der Waals surface area contributed by atoms with Crippen LogP contribution in [0.15, 0.2) is 30.5 Å². The zero-order valence-corrected chi connectivity index (χ0v) is 14.4. The second-order valence-electron chi connectivity index (χ2n) is 5.69. The third-order valence-electron chi connectivity index (χ3n) is 3.93. The first-order valence-corrected chi connectivity index (χ1v) is 8.50. The van der Waals surface area contributed by atoms with Crippen molar-refractivity contribution in [1.82, 2.24) is 15.1 Å². The van der Waals surface area contributed by atoms with Gasteiger partial charge in [-0.25, -0.2) is 0 Å². The topological polar surface area (TPSA) is 74.6 Å². The number of hydrogen-bond donors (Lipinski definition) is 1. The fourth-order valence-corrected chi connectivity index (χ4v) is 2.70. The molecule has 0 saturated heterocycles. The first-order chi connectivity index (χ1) is 12.3. The van der Waals surface area contributed by atoms with Crippen LogP contribution >= 0.6 is 0 Å². The lowest BCUT2D eigenvalue weighted by molar-refractivity contribution is -0.123. The van der Waals surface area contributed by atoms with E-state index in [9.17, 15) is 4.79 Å². The summed E-state index contributed by atoms with van der Waals surface area (Å²) in [6.45, 7) is 5.04. The number of amides is 1. The summed E-state index contributed by atoms with van der Waals surface area (Å²) in [6, 6.07) is 7.22. The van der Waals surface area contributed by atoms with Crippen LogP contribution < -0.4 is 14.8 Å². The summed E-state index contributed by atoms with van der Waals surface area (Å²) in [4.78, 5) is 11.9. The number of fused-ring (bicyclic) bond motifs is 1. The predicted octanol–water partition coefficient (Wildman–Crippen LogP) is 1.55. The number of benzene rings is 1. The van der Waals surface area contributed by atoms with Crippen LogP contribution in [0, 0.1) is 0 Å². The second-order valence-corrected chi connectivity index (χ2v) is 5.69. The standard InChI is InChI=1S/C18H23N3O4/c1-2-24-15-3-5-16(6-4-15)25-13-18(22)19-8-9-21-17-7-10-23-12-14(17)11-20-21/h3-6,11H,2,7-10,12-13H2,1H3,(H,19,22). The third kappa shape index (κ3) is 4.73. The Hall–Kier alpha value is -2.54. The third-order valence-corrected chi connectivity index (χ3v) is 3.93. The molecule has 2 aromatic rings. The SMILES string of the molecule is CCOc1ccc(OCC(=O)NCCn2ncc3c2CCOC3)cc1. The summed E-state index contributed by atoms with van der Waals surface area (Å²) in [5, 5.41) is 7.20. The highest BCUT2D eigenvalue weighted by Crippen LogP contribution is 2.17. The number of nitrogens with zero attached hydrogens (tertiary/aromatic N) is 2. The van der Waals surface area contributed by atoms with Gasteiger partial charge in [-0.1, -0.05) is 0 Å². The van der Waals surface area contributed by atoms with Crippen LogP contribution in [-0.2, 0) is 29.1 Å². The molecule has 25 heavy (non-hydrogen) atoms. The van der Waals surface area contributed by atoms with Gasteiger partial charge in [0.2, 0.25) is 0 Å². The number of hydrogen-bond acceptors (Lipinski definition) is 5. The van der Waals surface area contributed by atoms with E-state index in [0.717, 1.165) is 24.3 Å². The van der Waals surface area contributed by atoms with E-state index in [0.29, 0.717) is 32.1 Å². The van der Waals surface area contributed by atoms with Gasteiger partial charge in [-0.2, -0.15) is 5.10 Å². The zero-order chi connectivity index (χ0) is 17.5. The van der Waals surface area contributed by atoms with Crippen molar-refractivity contribution < 1.29 is 19.0 Å². The van der Waals surface area contributed by atoms with E-state index in [1.165, 1.54) is 5.69 Å². The lowest BCUT2D eigenvalue weighted by Crippen LogP contribution is -2.32. The van der Waals surface area contributed by atoms with Crippen molar-refractivity contribution >= 4 is 5.91 Å². The van der Waals surface area contributed by atoms with Crippen LogP contribution in [0.2, 0.25) is 0 Å². The number of carbonyl (C=O) groups is 1. The molecule has 1 aromatic heterocycles. The van der Waals surface area contributed by atoms with Gasteiger partial charge in [0.25, 0.3) is 5.91 Å². The van der Waals surface area contributed by atoms with Crippen LogP contribution in [0.3, 0.4) is 0 Å². The Morgan fingerprint density at radius 2 is 2.04 bits per heavy atom. The molecule has 3 rings (SSSR count). The average molecular weight is 345 g/mol. The van der Waals surface area contributed by atoms with Crippen LogP contribution in [0.4, 0.5) is 0 Å². The molecule has 0 bridgehead atoms. The van der Waals surface area contributed by atoms with Gasteiger partial charge in [-0.3, -0.25) is 9.48 Å². The van der Waals surface area contributed by atoms with Crippen molar-refractivity contribution in [3.63, 3.8) is 0 Å². The lowest BCUT2D eigenvalue weighted by Gasteiger charge is -2.15. The molecule has 134 valence electrons. The van der Waals surface area contributed by atoms with E-state index in [-0.39, 0.29) is 12.5 Å². The molecular formula is C18H23N3O4. The Kier molecular flexibility index (Phi) is 5.90. The first-order valence-electron chi connectivity index (χ1n) is 8.50. The first kappa shape index (κ1) is 17.3. The van der Waals surface area contributed by atoms with Crippen molar-refractivity contribution in [1.29, 1.82) is 0 Å². The minimum absolute atomic E-state index is 0.0148. The van der Waals surface area contributed by atoms with Gasteiger partial charge in [-0.15, -0.1) is 0 Å². The van der Waals surface area contributed by atoms with Gasteiger partial charge in [0.15, 0.2) is 6.61 Å². The van der Waals surface area contributed by atoms with Crippen molar-refractivity contribution in [3.8, 4) is 11.5 Å². The Morgan fingerprint density at radius 1 is 1.28 bits per heavy atom. The van der Waals surface area contributed by atoms with Crippen LogP contribution in [0.5, 0.6) is 11.5 Å². The maximum absolute atomic E-state index is 11.9. The van der Waals surface area contributed by atoms with E-state index < -0.39 is 0 Å². The zero-order valence-electron chi connectivity index (χ0n) is 14.4. The maximum atomic E-state index is 11.9. The quantitative estimate of drug-likeness (QED) is 0.786. The van der Waals surface area contributed by atoms with E-state index in [4.69, 9.17) is 14.2 Å². The van der Waals surface area contributed by atoms with E-state index in [1.54, 1.807) is 12.1 Å². The number of nitrogens with one attached hydrogen (secondary N) is 1. The molecule has 0 saturated carbocycles. The number of carbonyl (C=O) groups excluding carboxylic acids is 1. The number of ether oxygens (including phenoxy) is 3. The van der Waals surface area contributed by atoms with Crippen molar-refractivity contribution in [3.05, 3.63) is 41.7 Å². The Bertz CT molecular complexity index is 697. The highest BCUT2D eigenvalue weighted by atomic mass is 16.5. The fourth-order valence-electron chi connectivity index (χ4n) is 2.70. The molecule has 0 unspecified atom stereocenters. The lowest BCUT2D eigenvalue weighted by atomic mass is 10.2. The summed E-state index contributed by atoms with van der Waals surface area (Å²) in [5.41, 5.74) is 2.34. The summed E-state index contributed by atoms with van der Waals surface area (Å²) < 4.78 is 18.2. The Balaban J connectivity index is 1.39. The molecule has 1 amide bonds. The van der Waals surface area contributed by atoms with Gasteiger partial charge < -0.3 is 19.5 Å². The molecule has 7 nitrogen and oxygen atoms in total. The molecule has 0 atom stereocenters.